The van der Waals surface area contributed by atoms with Crippen LogP contribution in [0.25, 0.3) is 0 Å². The molecule has 1 unspecified atom stereocenters. The number of carboxylic acid groups (broad SMARTS) is 1. The maximum atomic E-state index is 11.7. The van der Waals surface area contributed by atoms with Crippen LogP contribution in [0.2, 0.25) is 0 Å². The average molecular weight is 259 g/mol. The molecular formula is C12H21NO5. The molecule has 0 aromatic heterocycles. The van der Waals surface area contributed by atoms with Crippen molar-refractivity contribution in [2.75, 3.05) is 32.9 Å². The predicted octanol–water partition coefficient (Wildman–Crippen LogP) is 1.37. The van der Waals surface area contributed by atoms with Gasteiger partial charge in [0.05, 0.1) is 12.5 Å². The topological polar surface area (TPSA) is 76.1 Å². The Hall–Kier alpha value is -1.56. The molecule has 0 aromatic carbocycles. The van der Waals surface area contributed by atoms with Gasteiger partial charge in [0.25, 0.3) is 0 Å². The minimum atomic E-state index is -0.951. The standard InChI is InChI=1S/C12H21NO5/c1-4-7-18-12(16)13(6-8-17-5-2)9-10(3)11(14)15/h4,10H,1,5-9H2,2-3H3,(H,14,15). The molecule has 0 heterocycles. The fourth-order valence-corrected chi connectivity index (χ4v) is 1.21. The van der Waals surface area contributed by atoms with Gasteiger partial charge in [-0.2, -0.15) is 0 Å². The molecule has 1 atom stereocenters. The summed E-state index contributed by atoms with van der Waals surface area (Å²) in [4.78, 5) is 23.8. The fraction of sp³-hybridized carbons (Fsp3) is 0.667. The first-order valence-corrected chi connectivity index (χ1v) is 5.86. The number of carbonyl (C=O) groups is 2. The number of rotatable bonds is 9. The minimum Gasteiger partial charge on any atom is -0.481 e. The van der Waals surface area contributed by atoms with Crippen molar-refractivity contribution >= 4 is 12.1 Å². The van der Waals surface area contributed by atoms with E-state index in [1.165, 1.54) is 17.9 Å². The lowest BCUT2D eigenvalue weighted by molar-refractivity contribution is -0.141. The van der Waals surface area contributed by atoms with E-state index in [-0.39, 0.29) is 13.2 Å². The van der Waals surface area contributed by atoms with Crippen LogP contribution in [0.5, 0.6) is 0 Å². The van der Waals surface area contributed by atoms with Crippen LogP contribution < -0.4 is 0 Å². The summed E-state index contributed by atoms with van der Waals surface area (Å²) < 4.78 is 10.0. The van der Waals surface area contributed by atoms with Crippen molar-refractivity contribution in [3.63, 3.8) is 0 Å². The van der Waals surface area contributed by atoms with E-state index < -0.39 is 18.0 Å². The first kappa shape index (κ1) is 16.4. The molecule has 0 spiro atoms. The summed E-state index contributed by atoms with van der Waals surface area (Å²) in [5.41, 5.74) is 0. The second-order valence-corrected chi connectivity index (χ2v) is 3.75. The quantitative estimate of drug-likeness (QED) is 0.500. The van der Waals surface area contributed by atoms with Crippen LogP contribution >= 0.6 is 0 Å². The molecule has 0 aliphatic carbocycles. The van der Waals surface area contributed by atoms with Crippen LogP contribution in [0.15, 0.2) is 12.7 Å². The van der Waals surface area contributed by atoms with Crippen LogP contribution in [0, 0.1) is 5.92 Å². The van der Waals surface area contributed by atoms with E-state index in [1.54, 1.807) is 0 Å². The SMILES string of the molecule is C=CCOC(=O)N(CCOCC)CC(C)C(=O)O. The molecule has 0 bridgehead atoms. The lowest BCUT2D eigenvalue weighted by Crippen LogP contribution is -2.39. The Morgan fingerprint density at radius 2 is 2.17 bits per heavy atom. The lowest BCUT2D eigenvalue weighted by atomic mass is 10.2. The van der Waals surface area contributed by atoms with Crippen LogP contribution in [-0.2, 0) is 14.3 Å². The summed E-state index contributed by atoms with van der Waals surface area (Å²) in [6.45, 7) is 8.23. The number of carbonyl (C=O) groups excluding carboxylic acids is 1. The Bertz CT molecular complexity index is 280. The maximum absolute atomic E-state index is 11.7. The Kier molecular flexibility index (Phi) is 8.65. The number of ether oxygens (including phenoxy) is 2. The second-order valence-electron chi connectivity index (χ2n) is 3.75. The Balaban J connectivity index is 4.35. The third-order valence-corrected chi connectivity index (χ3v) is 2.21. The Morgan fingerprint density at radius 3 is 2.67 bits per heavy atom. The molecule has 0 aromatic rings. The van der Waals surface area contributed by atoms with E-state index in [4.69, 9.17) is 14.6 Å². The number of amides is 1. The third-order valence-electron chi connectivity index (χ3n) is 2.21. The highest BCUT2D eigenvalue weighted by molar-refractivity contribution is 5.72. The van der Waals surface area contributed by atoms with Crippen LogP contribution in [0.4, 0.5) is 4.79 Å². The van der Waals surface area contributed by atoms with Crippen molar-refractivity contribution in [1.82, 2.24) is 4.90 Å². The van der Waals surface area contributed by atoms with E-state index in [1.807, 2.05) is 6.92 Å². The molecule has 104 valence electrons. The van der Waals surface area contributed by atoms with Gasteiger partial charge >= 0.3 is 12.1 Å². The van der Waals surface area contributed by atoms with Crippen molar-refractivity contribution in [2.24, 2.45) is 5.92 Å². The lowest BCUT2D eigenvalue weighted by Gasteiger charge is -2.23. The van der Waals surface area contributed by atoms with Gasteiger partial charge in [0.15, 0.2) is 0 Å². The van der Waals surface area contributed by atoms with E-state index in [2.05, 4.69) is 6.58 Å². The van der Waals surface area contributed by atoms with Crippen molar-refractivity contribution in [1.29, 1.82) is 0 Å². The third kappa shape index (κ3) is 6.90. The van der Waals surface area contributed by atoms with Gasteiger partial charge in [-0.3, -0.25) is 4.79 Å². The molecule has 0 aliphatic heterocycles. The zero-order valence-electron chi connectivity index (χ0n) is 10.9. The Morgan fingerprint density at radius 1 is 1.50 bits per heavy atom. The molecule has 0 aliphatic rings. The second kappa shape index (κ2) is 9.47. The molecule has 6 nitrogen and oxygen atoms in total. The Labute approximate surface area is 107 Å². The maximum Gasteiger partial charge on any atom is 0.410 e. The number of hydrogen-bond acceptors (Lipinski definition) is 4. The van der Waals surface area contributed by atoms with Crippen molar-refractivity contribution < 1.29 is 24.2 Å². The average Bonchev–Trinajstić information content (AvgIpc) is 2.34. The highest BCUT2D eigenvalue weighted by Crippen LogP contribution is 2.03. The van der Waals surface area contributed by atoms with Gasteiger partial charge in [-0.25, -0.2) is 4.79 Å². The number of nitrogens with zero attached hydrogens (tertiary/aromatic N) is 1. The summed E-state index contributed by atoms with van der Waals surface area (Å²) in [5.74, 6) is -1.60. The van der Waals surface area contributed by atoms with Gasteiger partial charge in [0.2, 0.25) is 0 Å². The highest BCUT2D eigenvalue weighted by Gasteiger charge is 2.21. The van der Waals surface area contributed by atoms with Gasteiger partial charge in [0.1, 0.15) is 6.61 Å². The van der Waals surface area contributed by atoms with E-state index in [0.29, 0.717) is 19.8 Å². The van der Waals surface area contributed by atoms with Crippen molar-refractivity contribution in [2.45, 2.75) is 13.8 Å². The zero-order chi connectivity index (χ0) is 14.0. The molecular weight excluding hydrogens is 238 g/mol. The molecule has 0 rings (SSSR count). The van der Waals surface area contributed by atoms with Crippen LogP contribution in [0.1, 0.15) is 13.8 Å². The van der Waals surface area contributed by atoms with Gasteiger partial charge in [-0.1, -0.05) is 19.6 Å². The number of carboxylic acids is 1. The fourth-order valence-electron chi connectivity index (χ4n) is 1.21. The summed E-state index contributed by atoms with van der Waals surface area (Å²) in [7, 11) is 0. The molecule has 0 fully saturated rings. The molecule has 6 heteroatoms. The van der Waals surface area contributed by atoms with Gasteiger partial charge < -0.3 is 19.5 Å². The largest absolute Gasteiger partial charge is 0.481 e. The summed E-state index contributed by atoms with van der Waals surface area (Å²) in [6, 6.07) is 0. The molecule has 0 saturated carbocycles. The smallest absolute Gasteiger partial charge is 0.410 e. The first-order chi connectivity index (χ1) is 8.52. The minimum absolute atomic E-state index is 0.0956. The van der Waals surface area contributed by atoms with Crippen molar-refractivity contribution in [3.05, 3.63) is 12.7 Å². The number of aliphatic carboxylic acids is 1. The van der Waals surface area contributed by atoms with Crippen molar-refractivity contribution in [3.8, 4) is 0 Å². The van der Waals surface area contributed by atoms with Gasteiger partial charge in [-0.15, -0.1) is 0 Å². The molecule has 18 heavy (non-hydrogen) atoms. The van der Waals surface area contributed by atoms with Crippen LogP contribution in [0.3, 0.4) is 0 Å². The monoisotopic (exact) mass is 259 g/mol. The molecule has 1 N–H and O–H groups in total. The molecule has 0 saturated heterocycles. The highest BCUT2D eigenvalue weighted by atomic mass is 16.6. The first-order valence-electron chi connectivity index (χ1n) is 5.86. The van der Waals surface area contributed by atoms with E-state index in [9.17, 15) is 9.59 Å². The molecule has 1 amide bonds. The number of hydrogen-bond donors (Lipinski definition) is 1. The predicted molar refractivity (Wildman–Crippen MR) is 66.4 cm³/mol. The normalized spacial score (nSPS) is 11.7. The van der Waals surface area contributed by atoms with E-state index >= 15 is 0 Å². The van der Waals surface area contributed by atoms with E-state index in [0.717, 1.165) is 0 Å². The zero-order valence-corrected chi connectivity index (χ0v) is 10.9. The van der Waals surface area contributed by atoms with Gasteiger partial charge in [-0.05, 0) is 6.92 Å². The van der Waals surface area contributed by atoms with Crippen LogP contribution in [-0.4, -0.2) is 55.0 Å². The summed E-state index contributed by atoms with van der Waals surface area (Å²) in [5, 5.41) is 8.83. The summed E-state index contributed by atoms with van der Waals surface area (Å²) >= 11 is 0. The van der Waals surface area contributed by atoms with Gasteiger partial charge in [0, 0.05) is 19.7 Å². The molecule has 0 radical (unpaired) electrons. The summed E-state index contributed by atoms with van der Waals surface area (Å²) in [6.07, 6.45) is 0.905.